The summed E-state index contributed by atoms with van der Waals surface area (Å²) in [5.74, 6) is 2.05. The van der Waals surface area contributed by atoms with Crippen LogP contribution < -0.4 is 10.6 Å². The molecule has 1 saturated heterocycles. The number of fused-ring (bicyclic) bond motifs is 2. The Morgan fingerprint density at radius 2 is 2.31 bits per heavy atom. The van der Waals surface area contributed by atoms with Crippen LogP contribution in [0.25, 0.3) is 0 Å². The fraction of sp³-hybridized carbons (Fsp3) is 0.615. The maximum atomic E-state index is 5.82. The lowest BCUT2D eigenvalue weighted by Crippen LogP contribution is -2.32. The van der Waals surface area contributed by atoms with Crippen LogP contribution in [0.3, 0.4) is 0 Å². The SMILES string of the molecule is CC(N)c1ccc(N2CC3CCC2C3)nc1. The summed E-state index contributed by atoms with van der Waals surface area (Å²) in [6.45, 7) is 3.20. The van der Waals surface area contributed by atoms with Gasteiger partial charge in [-0.2, -0.15) is 0 Å². The third-order valence-corrected chi connectivity index (χ3v) is 4.00. The molecule has 3 atom stereocenters. The van der Waals surface area contributed by atoms with E-state index in [0.29, 0.717) is 0 Å². The van der Waals surface area contributed by atoms with Crippen LogP contribution in [0, 0.1) is 5.92 Å². The van der Waals surface area contributed by atoms with Crippen molar-refractivity contribution < 1.29 is 0 Å². The second-order valence-electron chi connectivity index (χ2n) is 5.22. The van der Waals surface area contributed by atoms with Gasteiger partial charge in [-0.3, -0.25) is 0 Å². The van der Waals surface area contributed by atoms with E-state index < -0.39 is 0 Å². The van der Waals surface area contributed by atoms with Crippen molar-refractivity contribution in [2.75, 3.05) is 11.4 Å². The number of anilines is 1. The Morgan fingerprint density at radius 1 is 1.44 bits per heavy atom. The molecule has 3 unspecified atom stereocenters. The first-order valence-electron chi connectivity index (χ1n) is 6.22. The first-order chi connectivity index (χ1) is 7.74. The van der Waals surface area contributed by atoms with Crippen molar-refractivity contribution in [3.63, 3.8) is 0 Å². The van der Waals surface area contributed by atoms with Gasteiger partial charge in [-0.25, -0.2) is 4.98 Å². The fourth-order valence-electron chi connectivity index (χ4n) is 3.04. The zero-order valence-corrected chi connectivity index (χ0v) is 9.76. The zero-order valence-electron chi connectivity index (χ0n) is 9.76. The summed E-state index contributed by atoms with van der Waals surface area (Å²) in [5.41, 5.74) is 6.94. The van der Waals surface area contributed by atoms with Gasteiger partial charge in [0, 0.05) is 24.8 Å². The van der Waals surface area contributed by atoms with Crippen LogP contribution in [0.15, 0.2) is 18.3 Å². The van der Waals surface area contributed by atoms with Gasteiger partial charge in [0.15, 0.2) is 0 Å². The number of aromatic nitrogens is 1. The summed E-state index contributed by atoms with van der Waals surface area (Å²) >= 11 is 0. The molecule has 2 N–H and O–H groups in total. The van der Waals surface area contributed by atoms with Gasteiger partial charge in [-0.1, -0.05) is 6.07 Å². The smallest absolute Gasteiger partial charge is 0.128 e. The molecule has 16 heavy (non-hydrogen) atoms. The standard InChI is InChI=1S/C13H19N3/c1-9(14)11-3-5-13(15-7-11)16-8-10-2-4-12(16)6-10/h3,5,7,9-10,12H,2,4,6,8,14H2,1H3. The molecule has 3 nitrogen and oxygen atoms in total. The normalized spacial score (nSPS) is 29.8. The van der Waals surface area contributed by atoms with Crippen molar-refractivity contribution in [3.05, 3.63) is 23.9 Å². The highest BCUT2D eigenvalue weighted by Gasteiger charge is 2.38. The van der Waals surface area contributed by atoms with Crippen molar-refractivity contribution in [2.45, 2.75) is 38.3 Å². The van der Waals surface area contributed by atoms with Gasteiger partial charge in [0.2, 0.25) is 0 Å². The Balaban J connectivity index is 1.80. The van der Waals surface area contributed by atoms with E-state index in [1.54, 1.807) is 0 Å². The molecule has 1 aliphatic carbocycles. The maximum absolute atomic E-state index is 5.82. The predicted molar refractivity (Wildman–Crippen MR) is 65.3 cm³/mol. The molecule has 2 bridgehead atoms. The third-order valence-electron chi connectivity index (χ3n) is 4.00. The highest BCUT2D eigenvalue weighted by atomic mass is 15.2. The van der Waals surface area contributed by atoms with E-state index >= 15 is 0 Å². The average Bonchev–Trinajstić information content (AvgIpc) is 2.91. The lowest BCUT2D eigenvalue weighted by molar-refractivity contribution is 0.550. The number of piperidine rings is 1. The Bertz CT molecular complexity index is 371. The average molecular weight is 217 g/mol. The van der Waals surface area contributed by atoms with E-state index in [0.717, 1.165) is 23.3 Å². The highest BCUT2D eigenvalue weighted by molar-refractivity contribution is 5.43. The van der Waals surface area contributed by atoms with Crippen molar-refractivity contribution >= 4 is 5.82 Å². The maximum Gasteiger partial charge on any atom is 0.128 e. The molecule has 1 saturated carbocycles. The summed E-state index contributed by atoms with van der Waals surface area (Å²) in [6, 6.07) is 5.06. The molecule has 0 spiro atoms. The molecule has 0 radical (unpaired) electrons. The quantitative estimate of drug-likeness (QED) is 0.824. The number of hydrogen-bond acceptors (Lipinski definition) is 3. The third kappa shape index (κ3) is 1.59. The Hall–Kier alpha value is -1.09. The molecule has 1 aliphatic heterocycles. The Labute approximate surface area is 96.7 Å². The molecule has 2 fully saturated rings. The number of pyridine rings is 1. The first kappa shape index (κ1) is 10.1. The summed E-state index contributed by atoms with van der Waals surface area (Å²) in [5, 5.41) is 0. The number of rotatable bonds is 2. The molecule has 3 rings (SSSR count). The van der Waals surface area contributed by atoms with Crippen LogP contribution in [-0.4, -0.2) is 17.6 Å². The minimum absolute atomic E-state index is 0.0802. The molecule has 2 heterocycles. The van der Waals surface area contributed by atoms with E-state index in [2.05, 4.69) is 22.0 Å². The van der Waals surface area contributed by atoms with Gasteiger partial charge < -0.3 is 10.6 Å². The highest BCUT2D eigenvalue weighted by Crippen LogP contribution is 2.39. The number of hydrogen-bond donors (Lipinski definition) is 1. The minimum Gasteiger partial charge on any atom is -0.353 e. The van der Waals surface area contributed by atoms with Crippen LogP contribution in [0.2, 0.25) is 0 Å². The van der Waals surface area contributed by atoms with Crippen LogP contribution in [0.5, 0.6) is 0 Å². The van der Waals surface area contributed by atoms with Crippen molar-refractivity contribution in [1.82, 2.24) is 4.98 Å². The molecule has 0 aromatic carbocycles. The van der Waals surface area contributed by atoms with Gasteiger partial charge in [-0.05, 0) is 43.7 Å². The molecule has 1 aromatic rings. The van der Waals surface area contributed by atoms with Crippen molar-refractivity contribution in [3.8, 4) is 0 Å². The Morgan fingerprint density at radius 3 is 2.81 bits per heavy atom. The van der Waals surface area contributed by atoms with Crippen molar-refractivity contribution in [2.24, 2.45) is 11.7 Å². The second-order valence-corrected chi connectivity index (χ2v) is 5.22. The minimum atomic E-state index is 0.0802. The molecule has 0 amide bonds. The summed E-state index contributed by atoms with van der Waals surface area (Å²) in [7, 11) is 0. The monoisotopic (exact) mass is 217 g/mol. The van der Waals surface area contributed by atoms with Crippen molar-refractivity contribution in [1.29, 1.82) is 0 Å². The summed E-state index contributed by atoms with van der Waals surface area (Å²) in [6.07, 6.45) is 6.06. The lowest BCUT2D eigenvalue weighted by atomic mass is 10.1. The van der Waals surface area contributed by atoms with E-state index in [4.69, 9.17) is 5.73 Å². The van der Waals surface area contributed by atoms with Gasteiger partial charge in [0.25, 0.3) is 0 Å². The molecular formula is C13H19N3. The molecule has 3 heteroatoms. The van der Waals surface area contributed by atoms with E-state index in [9.17, 15) is 0 Å². The molecule has 2 aliphatic rings. The number of nitrogens with two attached hydrogens (primary N) is 1. The van der Waals surface area contributed by atoms with Gasteiger partial charge >= 0.3 is 0 Å². The van der Waals surface area contributed by atoms with Crippen LogP contribution >= 0.6 is 0 Å². The second kappa shape index (κ2) is 3.74. The topological polar surface area (TPSA) is 42.1 Å². The number of nitrogens with zero attached hydrogens (tertiary/aromatic N) is 2. The summed E-state index contributed by atoms with van der Waals surface area (Å²) in [4.78, 5) is 7.02. The molecule has 1 aromatic heterocycles. The molecule has 86 valence electrons. The van der Waals surface area contributed by atoms with Crippen LogP contribution in [-0.2, 0) is 0 Å². The van der Waals surface area contributed by atoms with Crippen LogP contribution in [0.4, 0.5) is 5.82 Å². The van der Waals surface area contributed by atoms with E-state index in [1.165, 1.54) is 25.8 Å². The zero-order chi connectivity index (χ0) is 11.1. The fourth-order valence-corrected chi connectivity index (χ4v) is 3.04. The van der Waals surface area contributed by atoms with E-state index in [-0.39, 0.29) is 6.04 Å². The van der Waals surface area contributed by atoms with E-state index in [1.807, 2.05) is 13.1 Å². The lowest BCUT2D eigenvalue weighted by Gasteiger charge is -2.28. The first-order valence-corrected chi connectivity index (χ1v) is 6.22. The van der Waals surface area contributed by atoms with Crippen LogP contribution in [0.1, 0.15) is 37.8 Å². The van der Waals surface area contributed by atoms with Gasteiger partial charge in [0.05, 0.1) is 0 Å². The Kier molecular flexibility index (Phi) is 2.36. The van der Waals surface area contributed by atoms with Gasteiger partial charge in [-0.15, -0.1) is 0 Å². The summed E-state index contributed by atoms with van der Waals surface area (Å²) < 4.78 is 0. The predicted octanol–water partition coefficient (Wildman–Crippen LogP) is 2.09. The van der Waals surface area contributed by atoms with Gasteiger partial charge in [0.1, 0.15) is 5.82 Å². The largest absolute Gasteiger partial charge is 0.353 e. The molecular weight excluding hydrogens is 198 g/mol.